The number of hydrogen-bond acceptors (Lipinski definition) is 3. The average Bonchev–Trinajstić information content (AvgIpc) is 2.14. The van der Waals surface area contributed by atoms with Crippen LogP contribution in [-0.2, 0) is 0 Å². The fraction of sp³-hybridized carbons (Fsp3) is 0.583. The summed E-state index contributed by atoms with van der Waals surface area (Å²) in [6.45, 7) is 9.18. The largest absolute Gasteiger partial charge is 0.389 e. The van der Waals surface area contributed by atoms with E-state index >= 15 is 0 Å². The minimum atomic E-state index is -0.694. The van der Waals surface area contributed by atoms with Gasteiger partial charge in [-0.1, -0.05) is 6.07 Å². The monoisotopic (exact) mass is 208 g/mol. The zero-order chi connectivity index (χ0) is 11.5. The van der Waals surface area contributed by atoms with Crippen molar-refractivity contribution in [3.8, 4) is 0 Å². The molecular formula is C12H20N2O. The van der Waals surface area contributed by atoms with Crippen molar-refractivity contribution in [3.63, 3.8) is 0 Å². The molecule has 0 fully saturated rings. The van der Waals surface area contributed by atoms with Gasteiger partial charge in [-0.25, -0.2) is 4.98 Å². The number of nitrogens with zero attached hydrogens (tertiary/aromatic N) is 2. The van der Waals surface area contributed by atoms with Gasteiger partial charge in [-0.15, -0.1) is 0 Å². The highest BCUT2D eigenvalue weighted by Crippen LogP contribution is 2.18. The molecule has 1 N–H and O–H groups in total. The van der Waals surface area contributed by atoms with Crippen molar-refractivity contribution in [2.45, 2.75) is 33.3 Å². The maximum absolute atomic E-state index is 9.80. The molecule has 3 heteroatoms. The number of pyridine rings is 1. The third-order valence-corrected chi connectivity index (χ3v) is 2.24. The lowest BCUT2D eigenvalue weighted by atomic mass is 10.1. The van der Waals surface area contributed by atoms with Gasteiger partial charge in [0, 0.05) is 19.3 Å². The Morgan fingerprint density at radius 1 is 1.47 bits per heavy atom. The minimum absolute atomic E-state index is 0.599. The number of rotatable bonds is 4. The van der Waals surface area contributed by atoms with E-state index in [-0.39, 0.29) is 0 Å². The molecule has 15 heavy (non-hydrogen) atoms. The number of aryl methyl sites for hydroxylation is 1. The van der Waals surface area contributed by atoms with Crippen molar-refractivity contribution in [1.82, 2.24) is 4.98 Å². The van der Waals surface area contributed by atoms with Gasteiger partial charge in [-0.2, -0.15) is 0 Å². The van der Waals surface area contributed by atoms with E-state index in [4.69, 9.17) is 0 Å². The molecule has 0 aromatic carbocycles. The second-order valence-corrected chi connectivity index (χ2v) is 4.47. The molecular weight excluding hydrogens is 188 g/mol. The molecule has 0 atom stereocenters. The Morgan fingerprint density at radius 2 is 2.13 bits per heavy atom. The van der Waals surface area contributed by atoms with Gasteiger partial charge >= 0.3 is 0 Å². The van der Waals surface area contributed by atoms with E-state index in [2.05, 4.69) is 16.8 Å². The van der Waals surface area contributed by atoms with Crippen LogP contribution in [0.25, 0.3) is 0 Å². The zero-order valence-corrected chi connectivity index (χ0v) is 9.99. The zero-order valence-electron chi connectivity index (χ0n) is 9.99. The van der Waals surface area contributed by atoms with Crippen LogP contribution in [0.3, 0.4) is 0 Å². The second kappa shape index (κ2) is 4.62. The van der Waals surface area contributed by atoms with Gasteiger partial charge < -0.3 is 10.0 Å². The van der Waals surface area contributed by atoms with E-state index in [9.17, 15) is 5.11 Å². The highest BCUT2D eigenvalue weighted by atomic mass is 16.3. The molecule has 0 unspecified atom stereocenters. The van der Waals surface area contributed by atoms with Crippen molar-refractivity contribution in [2.75, 3.05) is 18.0 Å². The number of hydrogen-bond donors (Lipinski definition) is 1. The van der Waals surface area contributed by atoms with Crippen LogP contribution in [0.1, 0.15) is 26.3 Å². The van der Waals surface area contributed by atoms with Crippen molar-refractivity contribution in [2.24, 2.45) is 0 Å². The summed E-state index contributed by atoms with van der Waals surface area (Å²) in [6, 6.07) is 3.96. The van der Waals surface area contributed by atoms with Crippen molar-refractivity contribution in [1.29, 1.82) is 0 Å². The fourth-order valence-electron chi connectivity index (χ4n) is 1.61. The molecule has 0 radical (unpaired) electrons. The van der Waals surface area contributed by atoms with Crippen molar-refractivity contribution < 1.29 is 5.11 Å². The van der Waals surface area contributed by atoms with Gasteiger partial charge in [0.15, 0.2) is 0 Å². The number of aliphatic hydroxyl groups is 1. The molecule has 0 bridgehead atoms. The van der Waals surface area contributed by atoms with E-state index in [0.29, 0.717) is 6.54 Å². The molecule has 1 rings (SSSR count). The van der Waals surface area contributed by atoms with Crippen molar-refractivity contribution in [3.05, 3.63) is 23.9 Å². The first kappa shape index (κ1) is 12.0. The van der Waals surface area contributed by atoms with Gasteiger partial charge in [-0.05, 0) is 39.3 Å². The molecule has 1 heterocycles. The predicted octanol–water partition coefficient (Wildman–Crippen LogP) is 1.99. The van der Waals surface area contributed by atoms with Crippen LogP contribution in [0, 0.1) is 6.92 Å². The summed E-state index contributed by atoms with van der Waals surface area (Å²) in [7, 11) is 0. The van der Waals surface area contributed by atoms with Crippen LogP contribution in [0.5, 0.6) is 0 Å². The highest BCUT2D eigenvalue weighted by molar-refractivity contribution is 5.45. The lowest BCUT2D eigenvalue weighted by molar-refractivity contribution is 0.0874. The number of aromatic nitrogens is 1. The summed E-state index contributed by atoms with van der Waals surface area (Å²) >= 11 is 0. The van der Waals surface area contributed by atoms with Gasteiger partial charge in [0.05, 0.1) is 5.60 Å². The second-order valence-electron chi connectivity index (χ2n) is 4.47. The standard InChI is InChI=1S/C12H20N2O/c1-5-14(9-12(3,4)15)11-10(2)7-6-8-13-11/h6-8,15H,5,9H2,1-4H3. The maximum atomic E-state index is 9.80. The first-order valence-electron chi connectivity index (χ1n) is 5.33. The average molecular weight is 208 g/mol. The molecule has 0 saturated carbocycles. The summed E-state index contributed by atoms with van der Waals surface area (Å²) in [5.41, 5.74) is 0.448. The minimum Gasteiger partial charge on any atom is -0.389 e. The van der Waals surface area contributed by atoms with Gasteiger partial charge in [-0.3, -0.25) is 0 Å². The third-order valence-electron chi connectivity index (χ3n) is 2.24. The molecule has 1 aromatic heterocycles. The van der Waals surface area contributed by atoms with E-state index in [0.717, 1.165) is 17.9 Å². The van der Waals surface area contributed by atoms with Crippen LogP contribution in [0.4, 0.5) is 5.82 Å². The first-order chi connectivity index (χ1) is 6.94. The maximum Gasteiger partial charge on any atom is 0.131 e. The van der Waals surface area contributed by atoms with Gasteiger partial charge in [0.1, 0.15) is 5.82 Å². The SMILES string of the molecule is CCN(CC(C)(C)O)c1ncccc1C. The van der Waals surface area contributed by atoms with Crippen LogP contribution < -0.4 is 4.90 Å². The van der Waals surface area contributed by atoms with E-state index in [1.807, 2.05) is 32.9 Å². The Bertz CT molecular complexity index is 318. The topological polar surface area (TPSA) is 36.4 Å². The summed E-state index contributed by atoms with van der Waals surface area (Å²) in [4.78, 5) is 6.44. The number of likely N-dealkylation sites (N-methyl/N-ethyl adjacent to an activating group) is 1. The lowest BCUT2D eigenvalue weighted by Crippen LogP contribution is -2.39. The fourth-order valence-corrected chi connectivity index (χ4v) is 1.61. The van der Waals surface area contributed by atoms with E-state index in [1.165, 1.54) is 0 Å². The van der Waals surface area contributed by atoms with Crippen LogP contribution in [0.2, 0.25) is 0 Å². The van der Waals surface area contributed by atoms with Crippen LogP contribution in [-0.4, -0.2) is 28.8 Å². The molecule has 1 aromatic rings. The Hall–Kier alpha value is -1.09. The molecule has 0 aliphatic carbocycles. The Balaban J connectivity index is 2.88. The van der Waals surface area contributed by atoms with Gasteiger partial charge in [0.2, 0.25) is 0 Å². The Kier molecular flexibility index (Phi) is 3.69. The quantitative estimate of drug-likeness (QED) is 0.822. The van der Waals surface area contributed by atoms with Crippen LogP contribution in [0.15, 0.2) is 18.3 Å². The molecule has 84 valence electrons. The predicted molar refractivity (Wildman–Crippen MR) is 63.2 cm³/mol. The summed E-state index contributed by atoms with van der Waals surface area (Å²) in [5, 5.41) is 9.80. The highest BCUT2D eigenvalue weighted by Gasteiger charge is 2.19. The lowest BCUT2D eigenvalue weighted by Gasteiger charge is -2.29. The smallest absolute Gasteiger partial charge is 0.131 e. The molecule has 0 spiro atoms. The number of anilines is 1. The molecule has 0 aliphatic rings. The summed E-state index contributed by atoms with van der Waals surface area (Å²) < 4.78 is 0. The van der Waals surface area contributed by atoms with E-state index < -0.39 is 5.60 Å². The summed E-state index contributed by atoms with van der Waals surface area (Å²) in [5.74, 6) is 0.960. The summed E-state index contributed by atoms with van der Waals surface area (Å²) in [6.07, 6.45) is 1.79. The first-order valence-corrected chi connectivity index (χ1v) is 5.33. The normalized spacial score (nSPS) is 11.5. The Morgan fingerprint density at radius 3 is 2.60 bits per heavy atom. The van der Waals surface area contributed by atoms with Crippen molar-refractivity contribution >= 4 is 5.82 Å². The van der Waals surface area contributed by atoms with Crippen LogP contribution >= 0.6 is 0 Å². The molecule has 0 amide bonds. The third kappa shape index (κ3) is 3.51. The van der Waals surface area contributed by atoms with E-state index in [1.54, 1.807) is 6.20 Å². The van der Waals surface area contributed by atoms with Gasteiger partial charge in [0.25, 0.3) is 0 Å². The molecule has 3 nitrogen and oxygen atoms in total. The molecule has 0 saturated heterocycles. The molecule has 0 aliphatic heterocycles. The Labute approximate surface area is 91.8 Å².